The molecule has 238 valence electrons. The van der Waals surface area contributed by atoms with Gasteiger partial charge >= 0.3 is 0 Å². The Bertz CT molecular complexity index is 2130. The van der Waals surface area contributed by atoms with Crippen LogP contribution in [0.1, 0.15) is 85.1 Å². The van der Waals surface area contributed by atoms with E-state index in [2.05, 4.69) is 160 Å². The van der Waals surface area contributed by atoms with Crippen LogP contribution in [-0.4, -0.2) is 0 Å². The highest BCUT2D eigenvalue weighted by Gasteiger charge is 2.39. The molecular weight excluding hydrogens is 599 g/mol. The third kappa shape index (κ3) is 5.06. The Balaban J connectivity index is 1.16. The summed E-state index contributed by atoms with van der Waals surface area (Å²) in [6.07, 6.45) is 19.1. The van der Waals surface area contributed by atoms with Crippen LogP contribution >= 0.6 is 11.3 Å². The Morgan fingerprint density at radius 2 is 1.58 bits per heavy atom. The minimum atomic E-state index is 0.104. The zero-order valence-electron chi connectivity index (χ0n) is 28.3. The minimum Gasteiger partial charge on any atom is -0.311 e. The second kappa shape index (κ2) is 12.4. The molecule has 8 rings (SSSR count). The van der Waals surface area contributed by atoms with Crippen molar-refractivity contribution in [1.29, 1.82) is 0 Å². The number of aryl methyl sites for hydroxylation is 1. The molecule has 1 heterocycles. The van der Waals surface area contributed by atoms with Crippen molar-refractivity contribution in [2.75, 3.05) is 4.90 Å². The molecule has 3 aliphatic rings. The highest BCUT2D eigenvalue weighted by molar-refractivity contribution is 7.20. The quantitative estimate of drug-likeness (QED) is 0.152. The lowest BCUT2D eigenvalue weighted by Gasteiger charge is -2.26. The molecule has 5 aromatic rings. The average molecular weight is 642 g/mol. The standard InChI is InChI=1S/C46H43NS/c1-5-7-14-31(6-2)32-21-25-35(26-22-32)47(34-15-9-8-10-16-34)36-27-23-33(24-28-36)37-18-13-19-38-39-29-30-42-43(45(39)48-44(37)38)40-17-11-12-20-41(40)46(42,3)4/h5-11,15-18,21-31H,2,12-14,19-20H2,1,3-4H3/b7-5-. The predicted octanol–water partition coefficient (Wildman–Crippen LogP) is 13.4. The number of thiophene rings is 1. The van der Waals surface area contributed by atoms with Crippen molar-refractivity contribution in [3.05, 3.63) is 172 Å². The zero-order chi connectivity index (χ0) is 32.8. The molecule has 0 bridgehead atoms. The van der Waals surface area contributed by atoms with E-state index < -0.39 is 0 Å². The summed E-state index contributed by atoms with van der Waals surface area (Å²) in [6, 6.07) is 33.8. The van der Waals surface area contributed by atoms with E-state index in [1.54, 1.807) is 5.57 Å². The molecule has 4 aromatic carbocycles. The van der Waals surface area contributed by atoms with E-state index in [1.807, 2.05) is 11.3 Å². The lowest BCUT2D eigenvalue weighted by Crippen LogP contribution is -2.17. The molecule has 0 spiro atoms. The first kappa shape index (κ1) is 30.7. The van der Waals surface area contributed by atoms with Crippen LogP contribution in [0.2, 0.25) is 0 Å². The van der Waals surface area contributed by atoms with Crippen molar-refractivity contribution >= 4 is 49.6 Å². The number of nitrogens with zero attached hydrogens (tertiary/aromatic N) is 1. The highest BCUT2D eigenvalue weighted by Crippen LogP contribution is 2.55. The largest absolute Gasteiger partial charge is 0.311 e. The van der Waals surface area contributed by atoms with Crippen molar-refractivity contribution in [3.63, 3.8) is 0 Å². The maximum atomic E-state index is 4.10. The number of rotatable bonds is 8. The summed E-state index contributed by atoms with van der Waals surface area (Å²) in [6.45, 7) is 11.0. The Kier molecular flexibility index (Phi) is 7.93. The lowest BCUT2D eigenvalue weighted by atomic mass is 9.78. The van der Waals surface area contributed by atoms with Gasteiger partial charge in [0.25, 0.3) is 0 Å². The topological polar surface area (TPSA) is 3.24 Å². The molecule has 48 heavy (non-hydrogen) atoms. The van der Waals surface area contributed by atoms with E-state index in [4.69, 9.17) is 0 Å². The molecule has 0 saturated carbocycles. The molecule has 1 aromatic heterocycles. The molecule has 0 aliphatic heterocycles. The van der Waals surface area contributed by atoms with E-state index >= 15 is 0 Å². The van der Waals surface area contributed by atoms with Crippen molar-refractivity contribution in [2.45, 2.75) is 64.2 Å². The third-order valence-corrected chi connectivity index (χ3v) is 12.1. The number of benzene rings is 4. The van der Waals surface area contributed by atoms with E-state index in [0.717, 1.165) is 42.7 Å². The maximum absolute atomic E-state index is 4.10. The summed E-state index contributed by atoms with van der Waals surface area (Å²) in [7, 11) is 0. The fourth-order valence-electron chi connectivity index (χ4n) is 8.21. The molecule has 2 heteroatoms. The van der Waals surface area contributed by atoms with Crippen molar-refractivity contribution in [1.82, 2.24) is 0 Å². The van der Waals surface area contributed by atoms with Gasteiger partial charge in [0.1, 0.15) is 0 Å². The van der Waals surface area contributed by atoms with Gasteiger partial charge in [0.15, 0.2) is 0 Å². The summed E-state index contributed by atoms with van der Waals surface area (Å²) >= 11 is 2.02. The molecule has 1 atom stereocenters. The van der Waals surface area contributed by atoms with Gasteiger partial charge < -0.3 is 4.90 Å². The van der Waals surface area contributed by atoms with Gasteiger partial charge in [0, 0.05) is 43.5 Å². The van der Waals surface area contributed by atoms with Crippen LogP contribution in [0.4, 0.5) is 17.1 Å². The third-order valence-electron chi connectivity index (χ3n) is 10.8. The zero-order valence-corrected chi connectivity index (χ0v) is 29.1. The van der Waals surface area contributed by atoms with Crippen molar-refractivity contribution in [2.24, 2.45) is 0 Å². The van der Waals surface area contributed by atoms with Crippen molar-refractivity contribution in [3.8, 4) is 0 Å². The second-order valence-corrected chi connectivity index (χ2v) is 14.9. The second-order valence-electron chi connectivity index (χ2n) is 13.8. The number of fused-ring (bicyclic) bond motifs is 6. The van der Waals surface area contributed by atoms with E-state index in [-0.39, 0.29) is 5.41 Å². The molecular formula is C46H43NS. The first-order valence-corrected chi connectivity index (χ1v) is 18.3. The summed E-state index contributed by atoms with van der Waals surface area (Å²) in [5.74, 6) is 0.313. The Morgan fingerprint density at radius 3 is 2.31 bits per heavy atom. The van der Waals surface area contributed by atoms with Crippen LogP contribution in [0.3, 0.4) is 0 Å². The predicted molar refractivity (Wildman–Crippen MR) is 209 cm³/mol. The Morgan fingerprint density at radius 1 is 0.854 bits per heavy atom. The van der Waals surface area contributed by atoms with E-state index in [9.17, 15) is 0 Å². The summed E-state index contributed by atoms with van der Waals surface area (Å²) in [5.41, 5.74) is 15.2. The molecule has 0 radical (unpaired) electrons. The number of para-hydroxylation sites is 1. The lowest BCUT2D eigenvalue weighted by molar-refractivity contribution is 0.608. The smallest absolute Gasteiger partial charge is 0.0462 e. The Hall–Kier alpha value is -4.66. The van der Waals surface area contributed by atoms with Gasteiger partial charge in [-0.15, -0.1) is 17.9 Å². The van der Waals surface area contributed by atoms with Crippen molar-refractivity contribution < 1.29 is 0 Å². The van der Waals surface area contributed by atoms with E-state index in [0.29, 0.717) is 5.92 Å². The number of hydrogen-bond acceptors (Lipinski definition) is 2. The molecule has 0 saturated heterocycles. The number of hydrogen-bond donors (Lipinski definition) is 0. The normalized spacial score (nSPS) is 16.9. The van der Waals surface area contributed by atoms with Gasteiger partial charge in [-0.3, -0.25) is 0 Å². The minimum absolute atomic E-state index is 0.104. The van der Waals surface area contributed by atoms with Gasteiger partial charge in [-0.25, -0.2) is 0 Å². The van der Waals surface area contributed by atoms with Gasteiger partial charge in [-0.05, 0) is 114 Å². The van der Waals surface area contributed by atoms with Gasteiger partial charge in [-0.1, -0.05) is 110 Å². The molecule has 1 unspecified atom stereocenters. The fourth-order valence-corrected chi connectivity index (χ4v) is 9.69. The van der Waals surface area contributed by atoms with Crippen LogP contribution in [0.5, 0.6) is 0 Å². The van der Waals surface area contributed by atoms with Gasteiger partial charge in [0.05, 0.1) is 0 Å². The monoisotopic (exact) mass is 641 g/mol. The van der Waals surface area contributed by atoms with Crippen LogP contribution in [-0.2, 0) is 11.8 Å². The SMILES string of the molecule is C=CC(C/C=C\C)c1ccc(N(c2ccccc2)c2ccc(C3=CCCc4c3sc3c5c(ccc43)C(C)(C)C3=C5C=CCC3)cc2)cc1. The fraction of sp³-hybridized carbons (Fsp3) is 0.217. The molecule has 0 fully saturated rings. The van der Waals surface area contributed by atoms with Crippen LogP contribution < -0.4 is 4.90 Å². The summed E-state index contributed by atoms with van der Waals surface area (Å²) in [5, 5.41) is 1.46. The first-order chi connectivity index (χ1) is 23.5. The molecule has 0 amide bonds. The molecule has 0 N–H and O–H groups in total. The summed E-state index contributed by atoms with van der Waals surface area (Å²) < 4.78 is 1.48. The van der Waals surface area contributed by atoms with Crippen LogP contribution in [0.25, 0.3) is 21.2 Å². The summed E-state index contributed by atoms with van der Waals surface area (Å²) in [4.78, 5) is 3.81. The molecule has 1 nitrogen and oxygen atoms in total. The molecule has 3 aliphatic carbocycles. The van der Waals surface area contributed by atoms with Gasteiger partial charge in [0.2, 0.25) is 0 Å². The maximum Gasteiger partial charge on any atom is 0.0462 e. The number of allylic oxidation sites excluding steroid dienone is 8. The first-order valence-electron chi connectivity index (χ1n) is 17.5. The van der Waals surface area contributed by atoms with Crippen LogP contribution in [0.15, 0.2) is 140 Å². The van der Waals surface area contributed by atoms with E-state index in [1.165, 1.54) is 60.3 Å². The average Bonchev–Trinajstić information content (AvgIpc) is 3.62. The number of anilines is 3. The van der Waals surface area contributed by atoms with Crippen LogP contribution in [0, 0.1) is 0 Å². The van der Waals surface area contributed by atoms with Gasteiger partial charge in [-0.2, -0.15) is 0 Å². The Labute approximate surface area is 290 Å². The highest BCUT2D eigenvalue weighted by atomic mass is 32.1.